The van der Waals surface area contributed by atoms with Gasteiger partial charge in [-0.2, -0.15) is 13.2 Å². The summed E-state index contributed by atoms with van der Waals surface area (Å²) < 4.78 is 42.6. The van der Waals surface area contributed by atoms with E-state index in [2.05, 4.69) is 15.9 Å². The Bertz CT molecular complexity index is 548. The molecule has 0 aromatic heterocycles. The van der Waals surface area contributed by atoms with Gasteiger partial charge >= 0.3 is 12.1 Å². The summed E-state index contributed by atoms with van der Waals surface area (Å²) in [7, 11) is 1.39. The SMILES string of the molecule is COc1ccc(C(=O)N(CC(=O)O)CC(F)(F)F)cc1Br. The van der Waals surface area contributed by atoms with Gasteiger partial charge in [0.05, 0.1) is 11.6 Å². The maximum absolute atomic E-state index is 12.4. The summed E-state index contributed by atoms with van der Waals surface area (Å²) >= 11 is 3.10. The molecular weight excluding hydrogens is 359 g/mol. The quantitative estimate of drug-likeness (QED) is 0.865. The van der Waals surface area contributed by atoms with Gasteiger partial charge in [0.2, 0.25) is 0 Å². The first-order valence-corrected chi connectivity index (χ1v) is 6.34. The molecule has 1 rings (SSSR count). The molecule has 1 aromatic carbocycles. The van der Waals surface area contributed by atoms with Gasteiger partial charge in [-0.1, -0.05) is 0 Å². The van der Waals surface area contributed by atoms with Gasteiger partial charge in [-0.05, 0) is 34.1 Å². The number of carbonyl (C=O) groups excluding carboxylic acids is 1. The number of aliphatic carboxylic acids is 1. The first kappa shape index (κ1) is 17.3. The van der Waals surface area contributed by atoms with Gasteiger partial charge in [0.1, 0.15) is 18.8 Å². The number of alkyl halides is 3. The zero-order valence-corrected chi connectivity index (χ0v) is 12.4. The van der Waals surface area contributed by atoms with Crippen molar-refractivity contribution in [2.75, 3.05) is 20.2 Å². The van der Waals surface area contributed by atoms with E-state index in [-0.39, 0.29) is 10.5 Å². The Labute approximate surface area is 126 Å². The van der Waals surface area contributed by atoms with Crippen molar-refractivity contribution in [3.05, 3.63) is 28.2 Å². The first-order chi connectivity index (χ1) is 9.64. The second-order valence-electron chi connectivity index (χ2n) is 4.02. The van der Waals surface area contributed by atoms with Gasteiger partial charge < -0.3 is 14.7 Å². The van der Waals surface area contributed by atoms with Gasteiger partial charge in [0.15, 0.2) is 0 Å². The molecule has 0 heterocycles. The number of amides is 1. The third kappa shape index (κ3) is 5.25. The molecule has 0 radical (unpaired) electrons. The van der Waals surface area contributed by atoms with Gasteiger partial charge in [0.25, 0.3) is 5.91 Å². The Kier molecular flexibility index (Phi) is 5.59. The minimum absolute atomic E-state index is 0.0758. The Morgan fingerprint density at radius 1 is 1.38 bits per heavy atom. The highest BCUT2D eigenvalue weighted by Gasteiger charge is 2.34. The van der Waals surface area contributed by atoms with E-state index in [1.807, 2.05) is 0 Å². The Hall–Kier alpha value is -1.77. The highest BCUT2D eigenvalue weighted by atomic mass is 79.9. The zero-order chi connectivity index (χ0) is 16.2. The molecule has 0 unspecified atom stereocenters. The van der Waals surface area contributed by atoms with E-state index in [4.69, 9.17) is 9.84 Å². The van der Waals surface area contributed by atoms with E-state index in [1.165, 1.54) is 25.3 Å². The number of halogens is 4. The molecule has 0 saturated heterocycles. The number of carbonyl (C=O) groups is 2. The summed E-state index contributed by atoms with van der Waals surface area (Å²) in [4.78, 5) is 22.8. The van der Waals surface area contributed by atoms with Crippen LogP contribution in [0.5, 0.6) is 5.75 Å². The van der Waals surface area contributed by atoms with Crippen molar-refractivity contribution in [1.29, 1.82) is 0 Å². The standard InChI is InChI=1S/C12H11BrF3NO4/c1-21-9-3-2-7(4-8(9)13)11(20)17(5-10(18)19)6-12(14,15)16/h2-4H,5-6H2,1H3,(H,18,19). The molecule has 0 fully saturated rings. The predicted molar refractivity (Wildman–Crippen MR) is 70.3 cm³/mol. The van der Waals surface area contributed by atoms with Crippen LogP contribution in [0.25, 0.3) is 0 Å². The molecule has 21 heavy (non-hydrogen) atoms. The van der Waals surface area contributed by atoms with Crippen molar-refractivity contribution in [2.24, 2.45) is 0 Å². The fourth-order valence-corrected chi connectivity index (χ4v) is 2.10. The molecule has 1 N–H and O–H groups in total. The van der Waals surface area contributed by atoms with Gasteiger partial charge in [-0.25, -0.2) is 0 Å². The summed E-state index contributed by atoms with van der Waals surface area (Å²) in [5, 5.41) is 8.62. The molecule has 5 nitrogen and oxygen atoms in total. The Balaban J connectivity index is 3.04. The lowest BCUT2D eigenvalue weighted by molar-refractivity contribution is -0.149. The van der Waals surface area contributed by atoms with Crippen LogP contribution in [-0.2, 0) is 4.79 Å². The van der Waals surface area contributed by atoms with E-state index in [9.17, 15) is 22.8 Å². The largest absolute Gasteiger partial charge is 0.496 e. The smallest absolute Gasteiger partial charge is 0.406 e. The van der Waals surface area contributed by atoms with Crippen LogP contribution in [0.2, 0.25) is 0 Å². The number of rotatable bonds is 5. The molecule has 0 bridgehead atoms. The van der Waals surface area contributed by atoms with Crippen molar-refractivity contribution < 1.29 is 32.6 Å². The maximum atomic E-state index is 12.4. The van der Waals surface area contributed by atoms with Crippen molar-refractivity contribution in [3.8, 4) is 5.75 Å². The van der Waals surface area contributed by atoms with Crippen molar-refractivity contribution in [3.63, 3.8) is 0 Å². The van der Waals surface area contributed by atoms with Gasteiger partial charge in [0, 0.05) is 5.56 Å². The van der Waals surface area contributed by atoms with Crippen LogP contribution in [0.4, 0.5) is 13.2 Å². The first-order valence-electron chi connectivity index (χ1n) is 5.55. The molecule has 1 aromatic rings. The van der Waals surface area contributed by atoms with Crippen LogP contribution >= 0.6 is 15.9 Å². The number of benzene rings is 1. The van der Waals surface area contributed by atoms with E-state index >= 15 is 0 Å². The minimum atomic E-state index is -4.69. The second kappa shape index (κ2) is 6.79. The molecule has 0 saturated carbocycles. The molecule has 0 aliphatic carbocycles. The van der Waals surface area contributed by atoms with E-state index in [1.54, 1.807) is 0 Å². The average Bonchev–Trinajstić information content (AvgIpc) is 2.34. The number of nitrogens with zero attached hydrogens (tertiary/aromatic N) is 1. The van der Waals surface area contributed by atoms with Crippen LogP contribution in [0, 0.1) is 0 Å². The summed E-state index contributed by atoms with van der Waals surface area (Å²) in [6.45, 7) is -2.68. The summed E-state index contributed by atoms with van der Waals surface area (Å²) in [5.41, 5.74) is -0.0758. The lowest BCUT2D eigenvalue weighted by atomic mass is 10.2. The molecule has 0 atom stereocenters. The predicted octanol–water partition coefficient (Wildman–Crippen LogP) is 2.55. The molecule has 0 spiro atoms. The number of carboxylic acids is 1. The van der Waals surface area contributed by atoms with Crippen molar-refractivity contribution in [2.45, 2.75) is 6.18 Å². The molecule has 9 heteroatoms. The van der Waals surface area contributed by atoms with E-state index < -0.39 is 31.1 Å². The minimum Gasteiger partial charge on any atom is -0.496 e. The number of hydrogen-bond acceptors (Lipinski definition) is 3. The molecular formula is C12H11BrF3NO4. The topological polar surface area (TPSA) is 66.8 Å². The highest BCUT2D eigenvalue weighted by Crippen LogP contribution is 2.26. The normalized spacial score (nSPS) is 11.1. The molecule has 116 valence electrons. The molecule has 0 aliphatic heterocycles. The van der Waals surface area contributed by atoms with E-state index in [0.29, 0.717) is 10.2 Å². The maximum Gasteiger partial charge on any atom is 0.406 e. The van der Waals surface area contributed by atoms with Crippen LogP contribution < -0.4 is 4.74 Å². The van der Waals surface area contributed by atoms with Gasteiger partial charge in [-0.15, -0.1) is 0 Å². The fourth-order valence-electron chi connectivity index (χ4n) is 1.56. The van der Waals surface area contributed by atoms with Crippen LogP contribution in [0.1, 0.15) is 10.4 Å². The third-order valence-corrected chi connectivity index (χ3v) is 3.00. The lowest BCUT2D eigenvalue weighted by Gasteiger charge is -2.22. The number of methoxy groups -OCH3 is 1. The van der Waals surface area contributed by atoms with Crippen LogP contribution in [0.15, 0.2) is 22.7 Å². The lowest BCUT2D eigenvalue weighted by Crippen LogP contribution is -2.42. The second-order valence-corrected chi connectivity index (χ2v) is 4.87. The Morgan fingerprint density at radius 3 is 2.43 bits per heavy atom. The fraction of sp³-hybridized carbons (Fsp3) is 0.333. The molecule has 0 aliphatic rings. The highest BCUT2D eigenvalue weighted by molar-refractivity contribution is 9.10. The monoisotopic (exact) mass is 369 g/mol. The summed E-state index contributed by atoms with van der Waals surface area (Å²) in [6, 6.07) is 3.92. The zero-order valence-electron chi connectivity index (χ0n) is 10.8. The van der Waals surface area contributed by atoms with Crippen LogP contribution in [0.3, 0.4) is 0 Å². The van der Waals surface area contributed by atoms with Gasteiger partial charge in [-0.3, -0.25) is 9.59 Å². The summed E-state index contributed by atoms with van der Waals surface area (Å²) in [6.07, 6.45) is -4.69. The average molecular weight is 370 g/mol. The number of hydrogen-bond donors (Lipinski definition) is 1. The number of ether oxygens (including phenoxy) is 1. The van der Waals surface area contributed by atoms with Crippen LogP contribution in [-0.4, -0.2) is 48.3 Å². The van der Waals surface area contributed by atoms with E-state index in [0.717, 1.165) is 0 Å². The summed E-state index contributed by atoms with van der Waals surface area (Å²) in [5.74, 6) is -2.16. The van der Waals surface area contributed by atoms with Crippen molar-refractivity contribution >= 4 is 27.8 Å². The van der Waals surface area contributed by atoms with Crippen molar-refractivity contribution in [1.82, 2.24) is 4.90 Å². The number of carboxylic acid groups (broad SMARTS) is 1. The third-order valence-electron chi connectivity index (χ3n) is 2.38. The molecule has 1 amide bonds. The Morgan fingerprint density at radius 2 is 2.00 bits per heavy atom.